The van der Waals surface area contributed by atoms with Crippen LogP contribution in [0.25, 0.3) is 10.9 Å². The number of methoxy groups -OCH3 is 1. The Hall–Kier alpha value is -1.97. The maximum absolute atomic E-state index is 12.1. The zero-order chi connectivity index (χ0) is 13.3. The van der Waals surface area contributed by atoms with Crippen molar-refractivity contribution in [2.45, 2.75) is 26.4 Å². The van der Waals surface area contributed by atoms with Crippen molar-refractivity contribution < 1.29 is 14.3 Å². The molecule has 0 spiro atoms. The number of hydrogen-bond donors (Lipinski definition) is 1. The molecule has 0 saturated carbocycles. The van der Waals surface area contributed by atoms with Crippen molar-refractivity contribution in [2.24, 2.45) is 0 Å². The molecule has 0 radical (unpaired) electrons. The van der Waals surface area contributed by atoms with Gasteiger partial charge in [0, 0.05) is 6.20 Å². The lowest BCUT2D eigenvalue weighted by Gasteiger charge is -2.19. The first kappa shape index (κ1) is 12.5. The molecule has 1 aromatic heterocycles. The first-order valence-electron chi connectivity index (χ1n) is 5.80. The average molecular weight is 247 g/mol. The van der Waals surface area contributed by atoms with Gasteiger partial charge in [-0.25, -0.2) is 4.79 Å². The highest BCUT2D eigenvalue weighted by Gasteiger charge is 2.22. The Bertz CT molecular complexity index is 578. The van der Waals surface area contributed by atoms with Crippen molar-refractivity contribution in [3.8, 4) is 5.75 Å². The van der Waals surface area contributed by atoms with Crippen LogP contribution in [0.15, 0.2) is 24.4 Å². The summed E-state index contributed by atoms with van der Waals surface area (Å²) >= 11 is 0. The highest BCUT2D eigenvalue weighted by atomic mass is 16.6. The number of aromatic nitrogens is 1. The third-order valence-electron chi connectivity index (χ3n) is 2.51. The van der Waals surface area contributed by atoms with E-state index in [0.29, 0.717) is 11.3 Å². The lowest BCUT2D eigenvalue weighted by atomic mass is 10.1. The summed E-state index contributed by atoms with van der Waals surface area (Å²) in [6, 6.07) is 5.59. The van der Waals surface area contributed by atoms with Gasteiger partial charge in [0.05, 0.1) is 23.6 Å². The summed E-state index contributed by atoms with van der Waals surface area (Å²) in [6.07, 6.45) is 1.65. The molecule has 2 aromatic rings. The molecular formula is C14H17NO3. The van der Waals surface area contributed by atoms with Gasteiger partial charge in [-0.1, -0.05) is 6.07 Å². The number of fused-ring (bicyclic) bond motifs is 1. The summed E-state index contributed by atoms with van der Waals surface area (Å²) < 4.78 is 10.7. The summed E-state index contributed by atoms with van der Waals surface area (Å²) in [5.74, 6) is 0.313. The second kappa shape index (κ2) is 4.37. The molecule has 0 aliphatic rings. The summed E-state index contributed by atoms with van der Waals surface area (Å²) in [5.41, 5.74) is 0.843. The molecule has 96 valence electrons. The molecule has 0 unspecified atom stereocenters. The molecule has 1 N–H and O–H groups in total. The topological polar surface area (TPSA) is 51.3 Å². The van der Waals surface area contributed by atoms with Crippen molar-refractivity contribution in [2.75, 3.05) is 7.11 Å². The van der Waals surface area contributed by atoms with Gasteiger partial charge in [0.15, 0.2) is 0 Å². The lowest BCUT2D eigenvalue weighted by molar-refractivity contribution is 0.00717. The Morgan fingerprint density at radius 3 is 2.61 bits per heavy atom. The molecule has 0 aliphatic carbocycles. The molecule has 4 nitrogen and oxygen atoms in total. The Morgan fingerprint density at radius 1 is 1.28 bits per heavy atom. The number of nitrogens with one attached hydrogen (secondary N) is 1. The van der Waals surface area contributed by atoms with E-state index in [4.69, 9.17) is 9.47 Å². The first-order chi connectivity index (χ1) is 8.42. The molecule has 4 heteroatoms. The lowest BCUT2D eigenvalue weighted by Crippen LogP contribution is -2.23. The summed E-state index contributed by atoms with van der Waals surface area (Å²) in [6.45, 7) is 5.53. The third kappa shape index (κ3) is 2.32. The van der Waals surface area contributed by atoms with Crippen molar-refractivity contribution in [1.29, 1.82) is 0 Å². The fourth-order valence-electron chi connectivity index (χ4n) is 1.82. The molecular weight excluding hydrogens is 230 g/mol. The average Bonchev–Trinajstić information content (AvgIpc) is 2.70. The summed E-state index contributed by atoms with van der Waals surface area (Å²) in [5, 5.41) is 0.759. The van der Waals surface area contributed by atoms with E-state index in [1.54, 1.807) is 13.3 Å². The predicted molar refractivity (Wildman–Crippen MR) is 70.0 cm³/mol. The van der Waals surface area contributed by atoms with E-state index in [1.165, 1.54) is 0 Å². The van der Waals surface area contributed by atoms with Gasteiger partial charge in [-0.05, 0) is 32.9 Å². The number of carbonyl (C=O) groups excluding carboxylic acids is 1. The van der Waals surface area contributed by atoms with E-state index in [2.05, 4.69) is 4.98 Å². The fraction of sp³-hybridized carbons (Fsp3) is 0.357. The van der Waals surface area contributed by atoms with Crippen molar-refractivity contribution in [3.05, 3.63) is 30.0 Å². The van der Waals surface area contributed by atoms with Gasteiger partial charge in [0.1, 0.15) is 11.4 Å². The van der Waals surface area contributed by atoms with E-state index in [-0.39, 0.29) is 5.97 Å². The zero-order valence-corrected chi connectivity index (χ0v) is 11.0. The minimum Gasteiger partial charge on any atom is -0.496 e. The van der Waals surface area contributed by atoms with Crippen LogP contribution in [0, 0.1) is 0 Å². The van der Waals surface area contributed by atoms with Gasteiger partial charge >= 0.3 is 5.97 Å². The number of H-pyrrole nitrogens is 1. The largest absolute Gasteiger partial charge is 0.496 e. The number of hydrogen-bond acceptors (Lipinski definition) is 3. The molecule has 1 aromatic carbocycles. The number of aromatic amines is 1. The first-order valence-corrected chi connectivity index (χ1v) is 5.80. The number of rotatable bonds is 2. The van der Waals surface area contributed by atoms with Crippen molar-refractivity contribution in [1.82, 2.24) is 4.98 Å². The van der Waals surface area contributed by atoms with Gasteiger partial charge in [0.2, 0.25) is 0 Å². The van der Waals surface area contributed by atoms with Crippen LogP contribution >= 0.6 is 0 Å². The Balaban J connectivity index is 2.48. The molecule has 0 saturated heterocycles. The highest BCUT2D eigenvalue weighted by molar-refractivity contribution is 6.06. The van der Waals surface area contributed by atoms with Crippen LogP contribution in [0.1, 0.15) is 31.1 Å². The van der Waals surface area contributed by atoms with Crippen LogP contribution in [-0.4, -0.2) is 23.7 Å². The molecule has 1 heterocycles. The van der Waals surface area contributed by atoms with E-state index in [9.17, 15) is 4.79 Å². The molecule has 0 fully saturated rings. The van der Waals surface area contributed by atoms with Crippen LogP contribution in [0.4, 0.5) is 0 Å². The van der Waals surface area contributed by atoms with Crippen LogP contribution in [-0.2, 0) is 4.74 Å². The van der Waals surface area contributed by atoms with Gasteiger partial charge in [0.25, 0.3) is 0 Å². The minimum absolute atomic E-state index is 0.349. The van der Waals surface area contributed by atoms with Crippen LogP contribution in [0.2, 0.25) is 0 Å². The van der Waals surface area contributed by atoms with Crippen molar-refractivity contribution >= 4 is 16.9 Å². The monoisotopic (exact) mass is 247 g/mol. The second-order valence-corrected chi connectivity index (χ2v) is 5.09. The van der Waals surface area contributed by atoms with E-state index >= 15 is 0 Å². The predicted octanol–water partition coefficient (Wildman–Crippen LogP) is 3.13. The van der Waals surface area contributed by atoms with E-state index < -0.39 is 5.60 Å². The van der Waals surface area contributed by atoms with Gasteiger partial charge in [-0.3, -0.25) is 0 Å². The van der Waals surface area contributed by atoms with Crippen LogP contribution in [0.5, 0.6) is 5.75 Å². The van der Waals surface area contributed by atoms with Crippen molar-refractivity contribution in [3.63, 3.8) is 0 Å². The quantitative estimate of drug-likeness (QED) is 0.829. The van der Waals surface area contributed by atoms with Gasteiger partial charge < -0.3 is 14.5 Å². The number of carbonyl (C=O) groups is 1. The van der Waals surface area contributed by atoms with Gasteiger partial charge in [-0.15, -0.1) is 0 Å². The smallest absolute Gasteiger partial charge is 0.340 e. The molecule has 0 amide bonds. The van der Waals surface area contributed by atoms with E-state index in [1.807, 2.05) is 39.0 Å². The second-order valence-electron chi connectivity index (χ2n) is 5.09. The minimum atomic E-state index is -0.511. The molecule has 0 bridgehead atoms. The number of benzene rings is 1. The number of esters is 1. The normalized spacial score (nSPS) is 11.6. The van der Waals surface area contributed by atoms with Crippen LogP contribution in [0.3, 0.4) is 0 Å². The fourth-order valence-corrected chi connectivity index (χ4v) is 1.82. The number of ether oxygens (including phenoxy) is 2. The molecule has 18 heavy (non-hydrogen) atoms. The van der Waals surface area contributed by atoms with Crippen LogP contribution < -0.4 is 4.74 Å². The summed E-state index contributed by atoms with van der Waals surface area (Å²) in [7, 11) is 1.58. The highest BCUT2D eigenvalue weighted by Crippen LogP contribution is 2.29. The molecule has 0 atom stereocenters. The Kier molecular flexibility index (Phi) is 3.03. The maximum Gasteiger partial charge on any atom is 0.340 e. The Morgan fingerprint density at radius 2 is 2.00 bits per heavy atom. The maximum atomic E-state index is 12.1. The SMILES string of the molecule is COc1cccc2[nH]cc(C(=O)OC(C)(C)C)c12. The molecule has 0 aliphatic heterocycles. The Labute approximate surface area is 106 Å². The summed E-state index contributed by atoms with van der Waals surface area (Å²) in [4.78, 5) is 15.2. The molecule has 2 rings (SSSR count). The van der Waals surface area contributed by atoms with Gasteiger partial charge in [-0.2, -0.15) is 0 Å². The zero-order valence-electron chi connectivity index (χ0n) is 11.0. The standard InChI is InChI=1S/C14H17NO3/c1-14(2,3)18-13(16)9-8-15-10-6-5-7-11(17-4)12(9)10/h5-8,15H,1-4H3. The third-order valence-corrected chi connectivity index (χ3v) is 2.51. The van der Waals surface area contributed by atoms with E-state index in [0.717, 1.165) is 10.9 Å².